The van der Waals surface area contributed by atoms with Crippen molar-refractivity contribution in [3.63, 3.8) is 0 Å². The summed E-state index contributed by atoms with van der Waals surface area (Å²) in [6.07, 6.45) is -5.73. The second kappa shape index (κ2) is 8.19. The fourth-order valence-electron chi connectivity index (χ4n) is 3.68. The Balaban J connectivity index is 1.52. The van der Waals surface area contributed by atoms with Gasteiger partial charge in [-0.05, 0) is 31.2 Å². The molecule has 1 aliphatic heterocycles. The standard InChI is InChI=1S/C22H19F3N4O3S/c1-12-5-8-16(33-12)19-28-27-17(32-19)10-29-11-21(2,3)18(20(29)30)31-13-6-7-15(26-4)14(9-13)22(23,24)25/h5-9,18H,10-11H2,1-3H3. The molecule has 1 fully saturated rings. The van der Waals surface area contributed by atoms with Crippen molar-refractivity contribution in [1.29, 1.82) is 0 Å². The number of alkyl halides is 3. The summed E-state index contributed by atoms with van der Waals surface area (Å²) in [6.45, 7) is 12.8. The SMILES string of the molecule is [C-]#[N+]c1ccc(OC2C(=O)N(Cc3nnc(-c4ccc(C)s4)o3)CC2(C)C)cc1C(F)(F)F. The molecule has 0 saturated carbocycles. The third kappa shape index (κ3) is 4.57. The summed E-state index contributed by atoms with van der Waals surface area (Å²) in [5.74, 6) is 0.0914. The number of nitrogens with zero attached hydrogens (tertiary/aromatic N) is 4. The number of aryl methyl sites for hydroxylation is 1. The number of benzene rings is 1. The van der Waals surface area contributed by atoms with Crippen molar-refractivity contribution in [1.82, 2.24) is 15.1 Å². The smallest absolute Gasteiger partial charge is 0.407 e. The third-order valence-corrected chi connectivity index (χ3v) is 6.22. The highest BCUT2D eigenvalue weighted by atomic mass is 32.1. The molecular formula is C22H19F3N4O3S. The lowest BCUT2D eigenvalue weighted by Gasteiger charge is -2.24. The number of hydrogen-bond donors (Lipinski definition) is 0. The Hall–Kier alpha value is -3.39. The number of carbonyl (C=O) groups is 1. The van der Waals surface area contributed by atoms with E-state index in [4.69, 9.17) is 15.7 Å². The molecule has 4 rings (SSSR count). The molecule has 1 aliphatic rings. The van der Waals surface area contributed by atoms with Gasteiger partial charge in [-0.1, -0.05) is 19.9 Å². The number of hydrogen-bond acceptors (Lipinski definition) is 6. The van der Waals surface area contributed by atoms with E-state index in [0.29, 0.717) is 12.4 Å². The molecule has 1 atom stereocenters. The van der Waals surface area contributed by atoms with Crippen molar-refractivity contribution in [2.45, 2.75) is 39.6 Å². The van der Waals surface area contributed by atoms with Crippen LogP contribution in [0, 0.1) is 18.9 Å². The predicted molar refractivity (Wildman–Crippen MR) is 114 cm³/mol. The van der Waals surface area contributed by atoms with Crippen molar-refractivity contribution in [2.75, 3.05) is 6.54 Å². The molecule has 0 radical (unpaired) electrons. The first-order valence-electron chi connectivity index (χ1n) is 9.91. The average molecular weight is 476 g/mol. The normalized spacial score (nSPS) is 17.9. The van der Waals surface area contributed by atoms with Gasteiger partial charge in [-0.3, -0.25) is 4.79 Å². The zero-order chi connectivity index (χ0) is 24.0. The van der Waals surface area contributed by atoms with Crippen LogP contribution in [0.15, 0.2) is 34.7 Å². The molecule has 3 heterocycles. The van der Waals surface area contributed by atoms with E-state index < -0.39 is 34.9 Å². The summed E-state index contributed by atoms with van der Waals surface area (Å²) in [6, 6.07) is 6.88. The summed E-state index contributed by atoms with van der Waals surface area (Å²) >= 11 is 1.51. The maximum absolute atomic E-state index is 13.3. The van der Waals surface area contributed by atoms with E-state index in [-0.39, 0.29) is 18.2 Å². The van der Waals surface area contributed by atoms with E-state index in [0.717, 1.165) is 21.9 Å². The van der Waals surface area contributed by atoms with E-state index in [1.165, 1.54) is 22.3 Å². The number of aromatic nitrogens is 2. The van der Waals surface area contributed by atoms with E-state index in [2.05, 4.69) is 15.0 Å². The highest BCUT2D eigenvalue weighted by Gasteiger charge is 2.48. The van der Waals surface area contributed by atoms with Gasteiger partial charge in [0.1, 0.15) is 5.75 Å². The number of halogens is 3. The molecule has 33 heavy (non-hydrogen) atoms. The van der Waals surface area contributed by atoms with Crippen molar-refractivity contribution >= 4 is 22.9 Å². The number of rotatable bonds is 5. The minimum atomic E-state index is -4.71. The lowest BCUT2D eigenvalue weighted by molar-refractivity contribution is -0.137. The van der Waals surface area contributed by atoms with Gasteiger partial charge in [-0.2, -0.15) is 13.2 Å². The second-order valence-corrected chi connectivity index (χ2v) is 9.67. The minimum Gasteiger partial charge on any atom is -0.480 e. The van der Waals surface area contributed by atoms with Gasteiger partial charge < -0.3 is 14.1 Å². The van der Waals surface area contributed by atoms with E-state index in [9.17, 15) is 18.0 Å². The molecule has 172 valence electrons. The highest BCUT2D eigenvalue weighted by Crippen LogP contribution is 2.40. The Morgan fingerprint density at radius 1 is 1.30 bits per heavy atom. The Labute approximate surface area is 191 Å². The fraction of sp³-hybridized carbons (Fsp3) is 0.364. The molecule has 0 bridgehead atoms. The molecule has 11 heteroatoms. The zero-order valence-corrected chi connectivity index (χ0v) is 18.8. The van der Waals surface area contributed by atoms with Crippen LogP contribution in [0.25, 0.3) is 15.6 Å². The molecule has 0 N–H and O–H groups in total. The van der Waals surface area contributed by atoms with Gasteiger partial charge in [0, 0.05) is 16.8 Å². The van der Waals surface area contributed by atoms with Crippen molar-refractivity contribution < 1.29 is 27.1 Å². The number of likely N-dealkylation sites (tertiary alicyclic amines) is 1. The van der Waals surface area contributed by atoms with Crippen molar-refractivity contribution in [3.05, 3.63) is 58.1 Å². The zero-order valence-electron chi connectivity index (χ0n) is 17.9. The van der Waals surface area contributed by atoms with Gasteiger partial charge in [0.25, 0.3) is 11.8 Å². The van der Waals surface area contributed by atoms with Gasteiger partial charge >= 0.3 is 6.18 Å². The molecule has 7 nitrogen and oxygen atoms in total. The lowest BCUT2D eigenvalue weighted by Crippen LogP contribution is -2.36. The van der Waals surface area contributed by atoms with Gasteiger partial charge in [0.15, 0.2) is 11.8 Å². The first-order valence-corrected chi connectivity index (χ1v) is 10.7. The van der Waals surface area contributed by atoms with Crippen LogP contribution in [-0.2, 0) is 17.5 Å². The number of thiophene rings is 1. The first-order chi connectivity index (χ1) is 15.5. The highest BCUT2D eigenvalue weighted by molar-refractivity contribution is 7.15. The predicted octanol–water partition coefficient (Wildman–Crippen LogP) is 5.49. The summed E-state index contributed by atoms with van der Waals surface area (Å²) in [4.78, 5) is 19.4. The number of carbonyl (C=O) groups excluding carboxylic acids is 1. The van der Waals surface area contributed by atoms with Gasteiger partial charge in [0.2, 0.25) is 5.89 Å². The Kier molecular flexibility index (Phi) is 5.66. The molecule has 1 amide bonds. The van der Waals surface area contributed by atoms with Crippen LogP contribution in [0.3, 0.4) is 0 Å². The van der Waals surface area contributed by atoms with Crippen LogP contribution in [0.2, 0.25) is 0 Å². The molecule has 2 aromatic heterocycles. The van der Waals surface area contributed by atoms with Crippen LogP contribution in [0.1, 0.15) is 30.2 Å². The van der Waals surface area contributed by atoms with E-state index >= 15 is 0 Å². The topological polar surface area (TPSA) is 72.8 Å². The van der Waals surface area contributed by atoms with Gasteiger partial charge in [-0.25, -0.2) is 4.85 Å². The van der Waals surface area contributed by atoms with Crippen LogP contribution in [-0.4, -0.2) is 33.7 Å². The Morgan fingerprint density at radius 3 is 2.70 bits per heavy atom. The summed E-state index contributed by atoms with van der Waals surface area (Å²) in [5, 5.41) is 8.05. The van der Waals surface area contributed by atoms with Crippen LogP contribution in [0.4, 0.5) is 18.9 Å². The summed E-state index contributed by atoms with van der Waals surface area (Å²) < 4.78 is 51.3. The van der Waals surface area contributed by atoms with Gasteiger partial charge in [0.05, 0.1) is 23.6 Å². The Morgan fingerprint density at radius 2 is 2.06 bits per heavy atom. The monoisotopic (exact) mass is 476 g/mol. The molecule has 1 aromatic carbocycles. The molecule has 0 spiro atoms. The number of ether oxygens (including phenoxy) is 1. The lowest BCUT2D eigenvalue weighted by atomic mass is 9.89. The summed E-state index contributed by atoms with van der Waals surface area (Å²) in [7, 11) is 0. The maximum Gasteiger partial charge on any atom is 0.407 e. The summed E-state index contributed by atoms with van der Waals surface area (Å²) in [5.41, 5.74) is -2.32. The molecule has 1 saturated heterocycles. The van der Waals surface area contributed by atoms with E-state index in [1.54, 1.807) is 13.8 Å². The second-order valence-electron chi connectivity index (χ2n) is 8.38. The number of amides is 1. The molecule has 0 aliphatic carbocycles. The van der Waals surface area contributed by atoms with Crippen LogP contribution in [0.5, 0.6) is 5.75 Å². The fourth-order valence-corrected chi connectivity index (χ4v) is 4.46. The third-order valence-electron chi connectivity index (χ3n) is 5.24. The van der Waals surface area contributed by atoms with Crippen LogP contribution >= 0.6 is 11.3 Å². The van der Waals surface area contributed by atoms with Crippen molar-refractivity contribution in [2.24, 2.45) is 5.41 Å². The van der Waals surface area contributed by atoms with Crippen molar-refractivity contribution in [3.8, 4) is 16.5 Å². The molecular weight excluding hydrogens is 457 g/mol. The first kappa shape index (κ1) is 22.8. The van der Waals surface area contributed by atoms with Crippen LogP contribution < -0.4 is 4.74 Å². The largest absolute Gasteiger partial charge is 0.480 e. The maximum atomic E-state index is 13.3. The van der Waals surface area contributed by atoms with Gasteiger partial charge in [-0.15, -0.1) is 21.5 Å². The minimum absolute atomic E-state index is 0.0595. The molecule has 3 aromatic rings. The molecule has 1 unspecified atom stereocenters. The van der Waals surface area contributed by atoms with E-state index in [1.807, 2.05) is 19.1 Å². The Bertz CT molecular complexity index is 1240. The quantitative estimate of drug-likeness (QED) is 0.455. The average Bonchev–Trinajstić information content (AvgIpc) is 3.43.